The number of amides is 2. The lowest BCUT2D eigenvalue weighted by Gasteiger charge is -2.07. The number of carbonyl (C=O) groups is 2. The second kappa shape index (κ2) is 7.63. The molecule has 0 aliphatic carbocycles. The van der Waals surface area contributed by atoms with Crippen molar-refractivity contribution in [2.24, 2.45) is 0 Å². The Hall–Kier alpha value is -2.09. The molecule has 0 saturated carbocycles. The molecule has 0 bridgehead atoms. The normalized spacial score (nSPS) is 10.9. The van der Waals surface area contributed by atoms with Crippen molar-refractivity contribution < 1.29 is 18.0 Å². The van der Waals surface area contributed by atoms with E-state index >= 15 is 0 Å². The second-order valence-corrected chi connectivity index (χ2v) is 6.90. The van der Waals surface area contributed by atoms with Gasteiger partial charge in [-0.25, -0.2) is 8.42 Å². The monoisotopic (exact) mass is 313 g/mol. The smallest absolute Gasteiger partial charge is 0.251 e. The summed E-state index contributed by atoms with van der Waals surface area (Å²) in [6, 6.07) is 6.32. The Balaban J connectivity index is 2.26. The summed E-state index contributed by atoms with van der Waals surface area (Å²) in [5.74, 6) is -0.723. The zero-order valence-electron chi connectivity index (χ0n) is 11.8. The molecule has 1 aromatic rings. The SMILES string of the molecule is CS(=O)(=O)CCCNC(=O)CNC(=O)c1ccc(N)cc1. The summed E-state index contributed by atoms with van der Waals surface area (Å²) in [7, 11) is -3.02. The van der Waals surface area contributed by atoms with Gasteiger partial charge >= 0.3 is 0 Å². The molecule has 21 heavy (non-hydrogen) atoms. The van der Waals surface area contributed by atoms with Crippen LogP contribution in [0.5, 0.6) is 0 Å². The fourth-order valence-corrected chi connectivity index (χ4v) is 2.19. The van der Waals surface area contributed by atoms with Crippen molar-refractivity contribution in [2.45, 2.75) is 6.42 Å². The molecule has 0 aliphatic rings. The Morgan fingerprint density at radius 3 is 2.33 bits per heavy atom. The fourth-order valence-electron chi connectivity index (χ4n) is 1.52. The van der Waals surface area contributed by atoms with Gasteiger partial charge in [-0.15, -0.1) is 0 Å². The summed E-state index contributed by atoms with van der Waals surface area (Å²) in [6.07, 6.45) is 1.48. The van der Waals surface area contributed by atoms with Gasteiger partial charge in [0, 0.05) is 24.1 Å². The van der Waals surface area contributed by atoms with Crippen molar-refractivity contribution in [2.75, 3.05) is 30.8 Å². The summed E-state index contributed by atoms with van der Waals surface area (Å²) in [6.45, 7) is 0.0890. The number of nitrogens with two attached hydrogens (primary N) is 1. The fraction of sp³-hybridized carbons (Fsp3) is 0.385. The van der Waals surface area contributed by atoms with Crippen molar-refractivity contribution in [3.05, 3.63) is 29.8 Å². The zero-order chi connectivity index (χ0) is 15.9. The van der Waals surface area contributed by atoms with Gasteiger partial charge in [-0.3, -0.25) is 9.59 Å². The van der Waals surface area contributed by atoms with Crippen molar-refractivity contribution in [3.8, 4) is 0 Å². The molecule has 7 nitrogen and oxygen atoms in total. The Morgan fingerprint density at radius 2 is 1.76 bits per heavy atom. The standard InChI is InChI=1S/C13H19N3O4S/c1-21(19,20)8-2-7-15-12(17)9-16-13(18)10-3-5-11(14)6-4-10/h3-6H,2,7-9,14H2,1H3,(H,15,17)(H,16,18). The maximum absolute atomic E-state index is 11.7. The first-order valence-electron chi connectivity index (χ1n) is 6.36. The second-order valence-electron chi connectivity index (χ2n) is 4.64. The molecule has 0 aromatic heterocycles. The van der Waals surface area contributed by atoms with E-state index in [1.807, 2.05) is 0 Å². The quantitative estimate of drug-likeness (QED) is 0.465. The first kappa shape index (κ1) is 17.0. The van der Waals surface area contributed by atoms with Crippen molar-refractivity contribution in [3.63, 3.8) is 0 Å². The van der Waals surface area contributed by atoms with E-state index in [1.165, 1.54) is 0 Å². The van der Waals surface area contributed by atoms with E-state index < -0.39 is 9.84 Å². The lowest BCUT2D eigenvalue weighted by Crippen LogP contribution is -2.37. The predicted octanol–water partition coefficient (Wildman–Crippen LogP) is -0.450. The number of hydrogen-bond donors (Lipinski definition) is 3. The number of nitrogen functional groups attached to an aromatic ring is 1. The minimum atomic E-state index is -3.02. The van der Waals surface area contributed by atoms with Gasteiger partial charge in [0.1, 0.15) is 9.84 Å². The van der Waals surface area contributed by atoms with Crippen LogP contribution in [0, 0.1) is 0 Å². The number of sulfone groups is 1. The molecule has 1 aromatic carbocycles. The molecule has 0 radical (unpaired) electrons. The lowest BCUT2D eigenvalue weighted by molar-refractivity contribution is -0.120. The van der Waals surface area contributed by atoms with Crippen LogP contribution in [0.15, 0.2) is 24.3 Å². The van der Waals surface area contributed by atoms with Gasteiger partial charge in [-0.05, 0) is 30.7 Å². The Kier molecular flexibility index (Phi) is 6.16. The molecule has 0 atom stereocenters. The molecule has 8 heteroatoms. The topological polar surface area (TPSA) is 118 Å². The lowest BCUT2D eigenvalue weighted by atomic mass is 10.2. The van der Waals surface area contributed by atoms with E-state index in [9.17, 15) is 18.0 Å². The van der Waals surface area contributed by atoms with Crippen molar-refractivity contribution >= 4 is 27.3 Å². The van der Waals surface area contributed by atoms with Crippen LogP contribution in [0.4, 0.5) is 5.69 Å². The molecule has 0 spiro atoms. The summed E-state index contributed by atoms with van der Waals surface area (Å²) in [5.41, 5.74) is 6.47. The number of hydrogen-bond acceptors (Lipinski definition) is 5. The van der Waals surface area contributed by atoms with Gasteiger partial charge in [-0.1, -0.05) is 0 Å². The highest BCUT2D eigenvalue weighted by Gasteiger charge is 2.08. The van der Waals surface area contributed by atoms with Gasteiger partial charge in [0.15, 0.2) is 0 Å². The summed E-state index contributed by atoms with van der Waals surface area (Å²) in [5, 5.41) is 5.00. The molecule has 0 fully saturated rings. The van der Waals surface area contributed by atoms with E-state index in [0.717, 1.165) is 6.26 Å². The zero-order valence-corrected chi connectivity index (χ0v) is 12.6. The van der Waals surface area contributed by atoms with Crippen molar-refractivity contribution in [1.82, 2.24) is 10.6 Å². The maximum atomic E-state index is 11.7. The van der Waals surface area contributed by atoms with Crippen LogP contribution in [-0.4, -0.2) is 45.3 Å². The van der Waals surface area contributed by atoms with Crippen LogP contribution >= 0.6 is 0 Å². The van der Waals surface area contributed by atoms with Crippen molar-refractivity contribution in [1.29, 1.82) is 0 Å². The van der Waals surface area contributed by atoms with Gasteiger partial charge in [-0.2, -0.15) is 0 Å². The van der Waals surface area contributed by atoms with Crippen LogP contribution < -0.4 is 16.4 Å². The molecule has 2 amide bonds. The third-order valence-corrected chi connectivity index (χ3v) is 3.63. The van der Waals surface area contributed by atoms with Crippen LogP contribution in [-0.2, 0) is 14.6 Å². The average Bonchev–Trinajstić information content (AvgIpc) is 2.41. The maximum Gasteiger partial charge on any atom is 0.251 e. The van der Waals surface area contributed by atoms with Crippen LogP contribution in [0.2, 0.25) is 0 Å². The van der Waals surface area contributed by atoms with E-state index in [4.69, 9.17) is 5.73 Å². The molecule has 0 heterocycles. The summed E-state index contributed by atoms with van der Waals surface area (Å²) < 4.78 is 21.8. The molecular weight excluding hydrogens is 294 g/mol. The molecule has 116 valence electrons. The predicted molar refractivity (Wildman–Crippen MR) is 80.5 cm³/mol. The highest BCUT2D eigenvalue weighted by atomic mass is 32.2. The molecule has 0 saturated heterocycles. The van der Waals surface area contributed by atoms with Crippen LogP contribution in [0.25, 0.3) is 0 Å². The van der Waals surface area contributed by atoms with Gasteiger partial charge in [0.25, 0.3) is 5.91 Å². The van der Waals surface area contributed by atoms with E-state index in [2.05, 4.69) is 10.6 Å². The number of benzene rings is 1. The summed E-state index contributed by atoms with van der Waals surface area (Å²) >= 11 is 0. The summed E-state index contributed by atoms with van der Waals surface area (Å²) in [4.78, 5) is 23.2. The average molecular weight is 313 g/mol. The highest BCUT2D eigenvalue weighted by Crippen LogP contribution is 2.04. The third kappa shape index (κ3) is 7.31. The Bertz CT molecular complexity index is 596. The van der Waals surface area contributed by atoms with Crippen LogP contribution in [0.3, 0.4) is 0 Å². The Morgan fingerprint density at radius 1 is 1.14 bits per heavy atom. The molecular formula is C13H19N3O4S. The molecule has 0 unspecified atom stereocenters. The Labute approximate surface area is 123 Å². The number of anilines is 1. The van der Waals surface area contributed by atoms with Gasteiger partial charge < -0.3 is 16.4 Å². The molecule has 0 aliphatic heterocycles. The highest BCUT2D eigenvalue weighted by molar-refractivity contribution is 7.90. The van der Waals surface area contributed by atoms with Crippen LogP contribution in [0.1, 0.15) is 16.8 Å². The minimum absolute atomic E-state index is 0.0189. The number of carbonyl (C=O) groups excluding carboxylic acids is 2. The third-order valence-electron chi connectivity index (χ3n) is 2.60. The number of rotatable bonds is 7. The first-order valence-corrected chi connectivity index (χ1v) is 8.42. The minimum Gasteiger partial charge on any atom is -0.399 e. The first-order chi connectivity index (χ1) is 9.78. The van der Waals surface area contributed by atoms with E-state index in [-0.39, 0.29) is 30.7 Å². The largest absolute Gasteiger partial charge is 0.399 e. The van der Waals surface area contributed by atoms with Gasteiger partial charge in [0.2, 0.25) is 5.91 Å². The number of nitrogens with one attached hydrogen (secondary N) is 2. The molecule has 1 rings (SSSR count). The van der Waals surface area contributed by atoms with Gasteiger partial charge in [0.05, 0.1) is 12.3 Å². The molecule has 4 N–H and O–H groups in total. The van der Waals surface area contributed by atoms with E-state index in [0.29, 0.717) is 17.7 Å². The van der Waals surface area contributed by atoms with E-state index in [1.54, 1.807) is 24.3 Å².